The minimum absolute atomic E-state index is 0.373. The quantitative estimate of drug-likeness (QED) is 0.627. The number of benzene rings is 2. The van der Waals surface area contributed by atoms with Crippen LogP contribution in [0.3, 0.4) is 0 Å². The summed E-state index contributed by atoms with van der Waals surface area (Å²) in [5.41, 5.74) is 7.68. The van der Waals surface area contributed by atoms with Crippen molar-refractivity contribution < 1.29 is 4.52 Å². The van der Waals surface area contributed by atoms with Gasteiger partial charge >= 0.3 is 0 Å². The molecule has 0 aliphatic carbocycles. The van der Waals surface area contributed by atoms with Crippen LogP contribution in [0.1, 0.15) is 0 Å². The SMILES string of the molecule is Nc1ccc(-c2nc(-c3ccc(Cl)c(Br)c3)no2)cc1Cl. The normalized spacial score (nSPS) is 10.8. The highest BCUT2D eigenvalue weighted by atomic mass is 79.9. The van der Waals surface area contributed by atoms with Crippen molar-refractivity contribution in [3.63, 3.8) is 0 Å². The summed E-state index contributed by atoms with van der Waals surface area (Å²) in [6.07, 6.45) is 0. The van der Waals surface area contributed by atoms with E-state index in [1.165, 1.54) is 0 Å². The Balaban J connectivity index is 1.99. The third-order valence-electron chi connectivity index (χ3n) is 2.85. The van der Waals surface area contributed by atoms with Gasteiger partial charge in [-0.15, -0.1) is 0 Å². The molecule has 0 fully saturated rings. The molecule has 2 N–H and O–H groups in total. The average Bonchev–Trinajstić information content (AvgIpc) is 2.94. The number of rotatable bonds is 2. The molecule has 0 unspecified atom stereocenters. The predicted octanol–water partition coefficient (Wildman–Crippen LogP) is 5.06. The molecular formula is C14H8BrCl2N3O. The van der Waals surface area contributed by atoms with Crippen LogP contribution in [-0.2, 0) is 0 Å². The van der Waals surface area contributed by atoms with Crippen molar-refractivity contribution >= 4 is 44.8 Å². The molecule has 0 aliphatic heterocycles. The Bertz CT molecular complexity index is 754. The summed E-state index contributed by atoms with van der Waals surface area (Å²) in [5, 5.41) is 5.03. The smallest absolute Gasteiger partial charge is 0.258 e. The Morgan fingerprint density at radius 1 is 1.00 bits per heavy atom. The molecule has 0 aliphatic rings. The molecule has 0 radical (unpaired) electrons. The third-order valence-corrected chi connectivity index (χ3v) is 4.39. The van der Waals surface area contributed by atoms with Crippen LogP contribution < -0.4 is 5.73 Å². The van der Waals surface area contributed by atoms with E-state index in [1.807, 2.05) is 12.1 Å². The second kappa shape index (κ2) is 5.67. The number of aromatic nitrogens is 2. The Kier molecular flexibility index (Phi) is 3.89. The lowest BCUT2D eigenvalue weighted by Gasteiger charge is -1.99. The lowest BCUT2D eigenvalue weighted by Crippen LogP contribution is -1.87. The van der Waals surface area contributed by atoms with E-state index in [2.05, 4.69) is 26.1 Å². The van der Waals surface area contributed by atoms with E-state index in [1.54, 1.807) is 24.3 Å². The number of nitrogen functional groups attached to an aromatic ring is 1. The van der Waals surface area contributed by atoms with Gasteiger partial charge in [0.2, 0.25) is 5.82 Å². The van der Waals surface area contributed by atoms with Crippen LogP contribution in [0, 0.1) is 0 Å². The van der Waals surface area contributed by atoms with Crippen molar-refractivity contribution in [3.8, 4) is 22.8 Å². The highest BCUT2D eigenvalue weighted by molar-refractivity contribution is 9.10. The minimum atomic E-state index is 0.373. The molecule has 0 atom stereocenters. The van der Waals surface area contributed by atoms with E-state index in [-0.39, 0.29) is 0 Å². The third kappa shape index (κ3) is 2.90. The molecule has 2 aromatic carbocycles. The van der Waals surface area contributed by atoms with Gasteiger partial charge in [-0.2, -0.15) is 4.98 Å². The molecule has 7 heteroatoms. The number of hydrogen-bond donors (Lipinski definition) is 1. The van der Waals surface area contributed by atoms with Gasteiger partial charge in [0.25, 0.3) is 5.89 Å². The first-order valence-electron chi connectivity index (χ1n) is 5.89. The molecule has 3 aromatic rings. The minimum Gasteiger partial charge on any atom is -0.398 e. The van der Waals surface area contributed by atoms with Crippen molar-refractivity contribution in [2.45, 2.75) is 0 Å². The van der Waals surface area contributed by atoms with Crippen molar-refractivity contribution in [2.24, 2.45) is 0 Å². The Morgan fingerprint density at radius 3 is 2.48 bits per heavy atom. The predicted molar refractivity (Wildman–Crippen MR) is 87.3 cm³/mol. The van der Waals surface area contributed by atoms with Crippen LogP contribution in [0.4, 0.5) is 5.69 Å². The maximum absolute atomic E-state index is 5.99. The molecule has 4 nitrogen and oxygen atoms in total. The van der Waals surface area contributed by atoms with Crippen molar-refractivity contribution in [1.29, 1.82) is 0 Å². The molecule has 0 saturated carbocycles. The first-order chi connectivity index (χ1) is 10.0. The first kappa shape index (κ1) is 14.4. The van der Waals surface area contributed by atoms with Gasteiger partial charge in [0.05, 0.1) is 15.7 Å². The molecular weight excluding hydrogens is 377 g/mol. The fourth-order valence-electron chi connectivity index (χ4n) is 1.75. The van der Waals surface area contributed by atoms with E-state index in [9.17, 15) is 0 Å². The molecule has 1 heterocycles. The maximum atomic E-state index is 5.99. The highest BCUT2D eigenvalue weighted by Crippen LogP contribution is 2.30. The summed E-state index contributed by atoms with van der Waals surface area (Å²) in [5.74, 6) is 0.841. The average molecular weight is 385 g/mol. The summed E-state index contributed by atoms with van der Waals surface area (Å²) >= 11 is 15.3. The van der Waals surface area contributed by atoms with Gasteiger partial charge < -0.3 is 10.3 Å². The fourth-order valence-corrected chi connectivity index (χ4v) is 2.43. The van der Waals surface area contributed by atoms with Gasteiger partial charge in [-0.05, 0) is 52.3 Å². The molecule has 0 spiro atoms. The lowest BCUT2D eigenvalue weighted by atomic mass is 10.2. The summed E-state index contributed by atoms with van der Waals surface area (Å²) in [6.45, 7) is 0. The number of anilines is 1. The Hall–Kier alpha value is -1.56. The van der Waals surface area contributed by atoms with E-state index in [0.717, 1.165) is 10.0 Å². The lowest BCUT2D eigenvalue weighted by molar-refractivity contribution is 0.432. The highest BCUT2D eigenvalue weighted by Gasteiger charge is 2.12. The molecule has 1 aromatic heterocycles. The van der Waals surface area contributed by atoms with Crippen LogP contribution in [0.15, 0.2) is 45.4 Å². The molecule has 0 amide bonds. The van der Waals surface area contributed by atoms with E-state index in [4.69, 9.17) is 33.5 Å². The number of halogens is 3. The zero-order chi connectivity index (χ0) is 15.0. The summed E-state index contributed by atoms with van der Waals surface area (Å²) in [6, 6.07) is 10.6. The first-order valence-corrected chi connectivity index (χ1v) is 7.44. The van der Waals surface area contributed by atoms with E-state index >= 15 is 0 Å². The number of nitrogens with two attached hydrogens (primary N) is 1. The van der Waals surface area contributed by atoms with Gasteiger partial charge in [-0.3, -0.25) is 0 Å². The monoisotopic (exact) mass is 383 g/mol. The zero-order valence-electron chi connectivity index (χ0n) is 10.5. The Labute approximate surface area is 139 Å². The molecule has 3 rings (SSSR count). The van der Waals surface area contributed by atoms with E-state index in [0.29, 0.717) is 33.0 Å². The summed E-state index contributed by atoms with van der Waals surface area (Å²) in [4.78, 5) is 4.35. The number of hydrogen-bond acceptors (Lipinski definition) is 4. The van der Waals surface area contributed by atoms with Crippen LogP contribution in [0.2, 0.25) is 10.0 Å². The summed E-state index contributed by atoms with van der Waals surface area (Å²) in [7, 11) is 0. The standard InChI is InChI=1S/C14H8BrCl2N3O/c15-9-5-7(1-3-10(9)16)13-19-14(21-20-13)8-2-4-12(18)11(17)6-8/h1-6H,18H2. The maximum Gasteiger partial charge on any atom is 0.258 e. The molecule has 21 heavy (non-hydrogen) atoms. The van der Waals surface area contributed by atoms with E-state index < -0.39 is 0 Å². The van der Waals surface area contributed by atoms with Crippen molar-refractivity contribution in [3.05, 3.63) is 50.9 Å². The fraction of sp³-hybridized carbons (Fsp3) is 0. The largest absolute Gasteiger partial charge is 0.398 e. The van der Waals surface area contributed by atoms with Crippen LogP contribution in [0.5, 0.6) is 0 Å². The van der Waals surface area contributed by atoms with Gasteiger partial charge in [0.15, 0.2) is 0 Å². The molecule has 0 bridgehead atoms. The zero-order valence-corrected chi connectivity index (χ0v) is 13.6. The van der Waals surface area contributed by atoms with Gasteiger partial charge in [-0.1, -0.05) is 28.4 Å². The Morgan fingerprint density at radius 2 is 1.76 bits per heavy atom. The summed E-state index contributed by atoms with van der Waals surface area (Å²) < 4.78 is 6.03. The van der Waals surface area contributed by atoms with Crippen LogP contribution in [-0.4, -0.2) is 10.1 Å². The van der Waals surface area contributed by atoms with Crippen molar-refractivity contribution in [2.75, 3.05) is 5.73 Å². The molecule has 106 valence electrons. The molecule has 0 saturated heterocycles. The van der Waals surface area contributed by atoms with Gasteiger partial charge in [0, 0.05) is 15.6 Å². The van der Waals surface area contributed by atoms with Gasteiger partial charge in [-0.25, -0.2) is 0 Å². The van der Waals surface area contributed by atoms with Gasteiger partial charge in [0.1, 0.15) is 0 Å². The second-order valence-corrected chi connectivity index (χ2v) is 5.96. The van der Waals surface area contributed by atoms with Crippen LogP contribution >= 0.6 is 39.1 Å². The topological polar surface area (TPSA) is 64.9 Å². The second-order valence-electron chi connectivity index (χ2n) is 4.29. The van der Waals surface area contributed by atoms with Crippen molar-refractivity contribution in [1.82, 2.24) is 10.1 Å². The number of nitrogens with zero attached hydrogens (tertiary/aromatic N) is 2. The van der Waals surface area contributed by atoms with Crippen LogP contribution in [0.25, 0.3) is 22.8 Å².